The number of aromatic nitrogens is 4. The molecule has 28 heavy (non-hydrogen) atoms. The van der Waals surface area contributed by atoms with Gasteiger partial charge < -0.3 is 10.1 Å². The van der Waals surface area contributed by atoms with Gasteiger partial charge >= 0.3 is 0 Å². The van der Waals surface area contributed by atoms with Crippen molar-refractivity contribution in [1.29, 1.82) is 0 Å². The average molecular weight is 412 g/mol. The molecule has 9 heteroatoms. The second kappa shape index (κ2) is 7.79. The molecule has 0 aliphatic rings. The summed E-state index contributed by atoms with van der Waals surface area (Å²) in [5, 5.41) is 6.98. The Labute approximate surface area is 169 Å². The standard InChI is InChI=1S/C19H14ClN5O2S/c1-12-22-17(25-10-2-9-21-25)11-18(23-12)27-14-5-3-13(4-6-14)24-19(26)15-7-8-16(20)28-15/h2-11H,1H3,(H,24,26). The number of rotatable bonds is 5. The summed E-state index contributed by atoms with van der Waals surface area (Å²) in [6.07, 6.45) is 3.47. The summed E-state index contributed by atoms with van der Waals surface area (Å²) in [4.78, 5) is 21.4. The Morgan fingerprint density at radius 3 is 2.68 bits per heavy atom. The number of carbonyl (C=O) groups is 1. The highest BCUT2D eigenvalue weighted by atomic mass is 35.5. The van der Waals surface area contributed by atoms with E-state index in [1.54, 1.807) is 66.5 Å². The monoisotopic (exact) mass is 411 g/mol. The zero-order valence-electron chi connectivity index (χ0n) is 14.7. The highest BCUT2D eigenvalue weighted by molar-refractivity contribution is 7.18. The van der Waals surface area contributed by atoms with Crippen LogP contribution in [0.4, 0.5) is 5.69 Å². The van der Waals surface area contributed by atoms with Crippen molar-refractivity contribution in [2.24, 2.45) is 0 Å². The Bertz CT molecular complexity index is 1110. The van der Waals surface area contributed by atoms with Gasteiger partial charge in [-0.05, 0) is 49.4 Å². The predicted molar refractivity (Wildman–Crippen MR) is 108 cm³/mol. The first-order chi connectivity index (χ1) is 13.6. The molecule has 7 nitrogen and oxygen atoms in total. The molecule has 0 atom stereocenters. The van der Waals surface area contributed by atoms with Gasteiger partial charge in [-0.25, -0.2) is 9.67 Å². The summed E-state index contributed by atoms with van der Waals surface area (Å²) < 4.78 is 8.03. The molecule has 0 spiro atoms. The summed E-state index contributed by atoms with van der Waals surface area (Å²) in [6.45, 7) is 1.79. The summed E-state index contributed by atoms with van der Waals surface area (Å²) in [5.41, 5.74) is 0.651. The number of aryl methyl sites for hydroxylation is 1. The van der Waals surface area contributed by atoms with Crippen molar-refractivity contribution >= 4 is 34.5 Å². The Kier molecular flexibility index (Phi) is 5.05. The van der Waals surface area contributed by atoms with E-state index in [0.717, 1.165) is 0 Å². The minimum Gasteiger partial charge on any atom is -0.439 e. The lowest BCUT2D eigenvalue weighted by Crippen LogP contribution is -2.09. The fourth-order valence-corrected chi connectivity index (χ4v) is 3.39. The normalized spacial score (nSPS) is 10.6. The molecule has 3 aromatic heterocycles. The van der Waals surface area contributed by atoms with E-state index in [1.807, 2.05) is 6.07 Å². The number of ether oxygens (including phenoxy) is 1. The molecule has 1 amide bonds. The molecule has 1 aromatic carbocycles. The number of hydrogen-bond acceptors (Lipinski definition) is 6. The molecule has 0 radical (unpaired) electrons. The molecule has 4 rings (SSSR count). The third-order valence-corrected chi connectivity index (χ3v) is 4.90. The van der Waals surface area contributed by atoms with E-state index in [2.05, 4.69) is 20.4 Å². The van der Waals surface area contributed by atoms with Crippen LogP contribution in [0, 0.1) is 6.92 Å². The predicted octanol–water partition coefficient (Wildman–Crippen LogP) is 4.73. The van der Waals surface area contributed by atoms with Crippen LogP contribution in [0.1, 0.15) is 15.5 Å². The van der Waals surface area contributed by atoms with Crippen molar-refractivity contribution < 1.29 is 9.53 Å². The lowest BCUT2D eigenvalue weighted by atomic mass is 10.3. The largest absolute Gasteiger partial charge is 0.439 e. The molecule has 0 aliphatic carbocycles. The molecule has 0 fully saturated rings. The van der Waals surface area contributed by atoms with Gasteiger partial charge in [0.05, 0.1) is 9.21 Å². The Morgan fingerprint density at radius 2 is 2.00 bits per heavy atom. The van der Waals surface area contributed by atoms with E-state index < -0.39 is 0 Å². The first-order valence-electron chi connectivity index (χ1n) is 8.27. The maximum Gasteiger partial charge on any atom is 0.265 e. The first-order valence-corrected chi connectivity index (χ1v) is 9.46. The second-order valence-electron chi connectivity index (χ2n) is 5.75. The Morgan fingerprint density at radius 1 is 1.18 bits per heavy atom. The number of amides is 1. The van der Waals surface area contributed by atoms with Crippen molar-refractivity contribution in [1.82, 2.24) is 19.7 Å². The van der Waals surface area contributed by atoms with E-state index in [1.165, 1.54) is 11.3 Å². The van der Waals surface area contributed by atoms with Crippen molar-refractivity contribution in [3.05, 3.63) is 76.0 Å². The smallest absolute Gasteiger partial charge is 0.265 e. The molecule has 4 aromatic rings. The van der Waals surface area contributed by atoms with Gasteiger partial charge in [0.25, 0.3) is 5.91 Å². The quantitative estimate of drug-likeness (QED) is 0.513. The molecule has 0 saturated heterocycles. The molecule has 0 bridgehead atoms. The van der Waals surface area contributed by atoms with E-state index in [9.17, 15) is 4.79 Å². The zero-order chi connectivity index (χ0) is 19.5. The van der Waals surface area contributed by atoms with E-state index >= 15 is 0 Å². The number of anilines is 1. The lowest BCUT2D eigenvalue weighted by Gasteiger charge is -2.09. The lowest BCUT2D eigenvalue weighted by molar-refractivity contribution is 0.103. The molecule has 1 N–H and O–H groups in total. The molecule has 3 heterocycles. The van der Waals surface area contributed by atoms with Gasteiger partial charge in [-0.1, -0.05) is 11.6 Å². The van der Waals surface area contributed by atoms with Crippen LogP contribution in [0.2, 0.25) is 4.34 Å². The van der Waals surface area contributed by atoms with Gasteiger partial charge in [-0.2, -0.15) is 10.1 Å². The number of halogens is 1. The van der Waals surface area contributed by atoms with Crippen LogP contribution in [-0.2, 0) is 0 Å². The van der Waals surface area contributed by atoms with Crippen molar-refractivity contribution in [2.45, 2.75) is 6.92 Å². The summed E-state index contributed by atoms with van der Waals surface area (Å²) in [7, 11) is 0. The minimum absolute atomic E-state index is 0.208. The molecule has 0 unspecified atom stereocenters. The van der Waals surface area contributed by atoms with Gasteiger partial charge in [0, 0.05) is 24.1 Å². The number of nitrogens with zero attached hydrogens (tertiary/aromatic N) is 4. The summed E-state index contributed by atoms with van der Waals surface area (Å²) in [5.74, 6) is 1.97. The number of hydrogen-bond donors (Lipinski definition) is 1. The number of nitrogens with one attached hydrogen (secondary N) is 1. The summed E-state index contributed by atoms with van der Waals surface area (Å²) >= 11 is 7.10. The highest BCUT2D eigenvalue weighted by Gasteiger charge is 2.10. The zero-order valence-corrected chi connectivity index (χ0v) is 16.2. The van der Waals surface area contributed by atoms with E-state index in [4.69, 9.17) is 16.3 Å². The molecule has 0 saturated carbocycles. The second-order valence-corrected chi connectivity index (χ2v) is 7.46. The fraction of sp³-hybridized carbons (Fsp3) is 0.0526. The van der Waals surface area contributed by atoms with Gasteiger partial charge in [-0.15, -0.1) is 11.3 Å². The number of benzene rings is 1. The molecular formula is C19H14ClN5O2S. The average Bonchev–Trinajstić information content (AvgIpc) is 3.35. The van der Waals surface area contributed by atoms with Crippen LogP contribution in [0.25, 0.3) is 5.82 Å². The first kappa shape index (κ1) is 18.1. The Hall–Kier alpha value is -3.23. The van der Waals surface area contributed by atoms with Crippen LogP contribution >= 0.6 is 22.9 Å². The molecule has 0 aliphatic heterocycles. The van der Waals surface area contributed by atoms with Crippen LogP contribution in [0.5, 0.6) is 11.6 Å². The molecular weight excluding hydrogens is 398 g/mol. The fourth-order valence-electron chi connectivity index (χ4n) is 2.46. The topological polar surface area (TPSA) is 81.9 Å². The van der Waals surface area contributed by atoms with Crippen molar-refractivity contribution in [2.75, 3.05) is 5.32 Å². The van der Waals surface area contributed by atoms with Gasteiger partial charge in [-0.3, -0.25) is 4.79 Å². The van der Waals surface area contributed by atoms with E-state index in [-0.39, 0.29) is 5.91 Å². The van der Waals surface area contributed by atoms with Crippen LogP contribution in [0.3, 0.4) is 0 Å². The number of thiophene rings is 1. The van der Waals surface area contributed by atoms with Crippen LogP contribution in [0.15, 0.2) is 60.9 Å². The SMILES string of the molecule is Cc1nc(Oc2ccc(NC(=O)c3ccc(Cl)s3)cc2)cc(-n2cccn2)n1. The number of carbonyl (C=O) groups excluding carboxylic acids is 1. The summed E-state index contributed by atoms with van der Waals surface area (Å²) in [6, 6.07) is 13.9. The van der Waals surface area contributed by atoms with Crippen molar-refractivity contribution in [3.63, 3.8) is 0 Å². The molecule has 140 valence electrons. The third-order valence-electron chi connectivity index (χ3n) is 3.67. The van der Waals surface area contributed by atoms with Gasteiger partial charge in [0.15, 0.2) is 5.82 Å². The highest BCUT2D eigenvalue weighted by Crippen LogP contribution is 2.25. The van der Waals surface area contributed by atoms with Crippen molar-refractivity contribution in [3.8, 4) is 17.4 Å². The van der Waals surface area contributed by atoms with Gasteiger partial charge in [0.2, 0.25) is 5.88 Å². The third kappa shape index (κ3) is 4.19. The Balaban J connectivity index is 1.47. The van der Waals surface area contributed by atoms with Gasteiger partial charge in [0.1, 0.15) is 11.6 Å². The maximum absolute atomic E-state index is 12.2. The maximum atomic E-state index is 12.2. The van der Waals surface area contributed by atoms with E-state index in [0.29, 0.717) is 38.2 Å². The van der Waals surface area contributed by atoms with Crippen LogP contribution < -0.4 is 10.1 Å². The minimum atomic E-state index is -0.208. The van der Waals surface area contributed by atoms with Crippen LogP contribution in [-0.4, -0.2) is 25.7 Å².